The van der Waals surface area contributed by atoms with E-state index in [-0.39, 0.29) is 0 Å². The first kappa shape index (κ1) is 16.9. The summed E-state index contributed by atoms with van der Waals surface area (Å²) in [5.74, 6) is 0.739. The molecule has 2 nitrogen and oxygen atoms in total. The fourth-order valence-corrected chi connectivity index (χ4v) is 2.14. The maximum Gasteiger partial charge on any atom is 0.00644 e. The second-order valence-corrected chi connectivity index (χ2v) is 6.51. The van der Waals surface area contributed by atoms with Crippen molar-refractivity contribution in [2.45, 2.75) is 60.9 Å². The first-order valence-corrected chi connectivity index (χ1v) is 7.27. The van der Waals surface area contributed by atoms with Gasteiger partial charge in [0.2, 0.25) is 0 Å². The zero-order valence-electron chi connectivity index (χ0n) is 13.1. The maximum atomic E-state index is 3.58. The van der Waals surface area contributed by atoms with E-state index in [1.807, 2.05) is 0 Å². The second kappa shape index (κ2) is 8.10. The molecular weight excluding hydrogens is 208 g/mol. The highest BCUT2D eigenvalue weighted by atomic mass is 15.2. The largest absolute Gasteiger partial charge is 0.316 e. The fourth-order valence-electron chi connectivity index (χ4n) is 2.14. The van der Waals surface area contributed by atoms with Gasteiger partial charge in [0.15, 0.2) is 0 Å². The summed E-state index contributed by atoms with van der Waals surface area (Å²) in [6.45, 7) is 20.7. The Hall–Kier alpha value is -0.0800. The lowest BCUT2D eigenvalue weighted by molar-refractivity contribution is 0.138. The van der Waals surface area contributed by atoms with Crippen molar-refractivity contribution in [1.29, 1.82) is 0 Å². The highest BCUT2D eigenvalue weighted by molar-refractivity contribution is 4.78. The Labute approximate surface area is 109 Å². The molecule has 2 heteroatoms. The van der Waals surface area contributed by atoms with E-state index in [1.165, 1.54) is 13.0 Å². The monoisotopic (exact) mass is 242 g/mol. The van der Waals surface area contributed by atoms with E-state index in [9.17, 15) is 0 Å². The van der Waals surface area contributed by atoms with Crippen LogP contribution < -0.4 is 5.32 Å². The molecule has 0 fully saturated rings. The summed E-state index contributed by atoms with van der Waals surface area (Å²) in [6.07, 6.45) is 1.24. The predicted molar refractivity (Wildman–Crippen MR) is 78.5 cm³/mol. The highest BCUT2D eigenvalue weighted by Crippen LogP contribution is 2.18. The van der Waals surface area contributed by atoms with Gasteiger partial charge in [0.05, 0.1) is 0 Å². The minimum Gasteiger partial charge on any atom is -0.316 e. The van der Waals surface area contributed by atoms with Gasteiger partial charge in [0, 0.05) is 19.1 Å². The summed E-state index contributed by atoms with van der Waals surface area (Å²) in [5, 5.41) is 3.58. The average molecular weight is 242 g/mol. The van der Waals surface area contributed by atoms with Crippen molar-refractivity contribution in [3.8, 4) is 0 Å². The van der Waals surface area contributed by atoms with Crippen LogP contribution in [0.5, 0.6) is 0 Å². The molecule has 0 aliphatic carbocycles. The van der Waals surface area contributed by atoms with Crippen molar-refractivity contribution in [1.82, 2.24) is 10.2 Å². The first-order valence-electron chi connectivity index (χ1n) is 7.27. The van der Waals surface area contributed by atoms with E-state index >= 15 is 0 Å². The maximum absolute atomic E-state index is 3.58. The van der Waals surface area contributed by atoms with Crippen molar-refractivity contribution < 1.29 is 0 Å². The summed E-state index contributed by atoms with van der Waals surface area (Å²) in [6, 6.07) is 0.698. The third-order valence-corrected chi connectivity index (χ3v) is 3.41. The van der Waals surface area contributed by atoms with E-state index < -0.39 is 0 Å². The lowest BCUT2D eigenvalue weighted by atomic mass is 9.91. The Kier molecular flexibility index (Phi) is 8.06. The molecule has 1 unspecified atom stereocenters. The number of nitrogens with one attached hydrogen (secondary N) is 1. The molecule has 0 rings (SSSR count). The summed E-state index contributed by atoms with van der Waals surface area (Å²) < 4.78 is 0. The van der Waals surface area contributed by atoms with Crippen LogP contribution in [-0.4, -0.2) is 37.1 Å². The Bertz CT molecular complexity index is 187. The number of hydrogen-bond acceptors (Lipinski definition) is 2. The van der Waals surface area contributed by atoms with Crippen molar-refractivity contribution in [3.63, 3.8) is 0 Å². The van der Waals surface area contributed by atoms with E-state index in [0.717, 1.165) is 25.6 Å². The molecule has 1 atom stereocenters. The van der Waals surface area contributed by atoms with Crippen molar-refractivity contribution in [2.75, 3.05) is 26.2 Å². The quantitative estimate of drug-likeness (QED) is 0.667. The molecule has 0 saturated carbocycles. The minimum absolute atomic E-state index is 0.355. The molecule has 0 aliphatic rings. The Balaban J connectivity index is 4.11. The van der Waals surface area contributed by atoms with Crippen LogP contribution in [0.25, 0.3) is 0 Å². The molecule has 17 heavy (non-hydrogen) atoms. The minimum atomic E-state index is 0.355. The molecule has 104 valence electrons. The molecule has 0 aromatic heterocycles. The molecule has 1 N–H and O–H groups in total. The molecule has 0 radical (unpaired) electrons. The van der Waals surface area contributed by atoms with Crippen LogP contribution in [0.15, 0.2) is 0 Å². The van der Waals surface area contributed by atoms with Gasteiger partial charge in [-0.25, -0.2) is 0 Å². The summed E-state index contributed by atoms with van der Waals surface area (Å²) in [4.78, 5) is 2.59. The standard InChI is InChI=1S/C15H34N2/c1-8-14(5)17(9-2)12-15(6,7)11-16-10-13(3)4/h13-14,16H,8-12H2,1-7H3. The smallest absolute Gasteiger partial charge is 0.00644 e. The zero-order valence-corrected chi connectivity index (χ0v) is 13.1. The van der Waals surface area contributed by atoms with Crippen LogP contribution in [0.2, 0.25) is 0 Å². The van der Waals surface area contributed by atoms with Gasteiger partial charge in [-0.2, -0.15) is 0 Å². The van der Waals surface area contributed by atoms with E-state index in [0.29, 0.717) is 11.5 Å². The summed E-state index contributed by atoms with van der Waals surface area (Å²) >= 11 is 0. The normalized spacial score (nSPS) is 14.6. The molecule has 0 amide bonds. The van der Waals surface area contributed by atoms with Crippen LogP contribution in [0.1, 0.15) is 54.9 Å². The van der Waals surface area contributed by atoms with E-state index in [2.05, 4.69) is 58.7 Å². The number of rotatable bonds is 9. The van der Waals surface area contributed by atoms with E-state index in [4.69, 9.17) is 0 Å². The van der Waals surface area contributed by atoms with Gasteiger partial charge in [-0.1, -0.05) is 41.5 Å². The Morgan fingerprint density at radius 2 is 1.71 bits per heavy atom. The Morgan fingerprint density at radius 3 is 2.12 bits per heavy atom. The number of nitrogens with zero attached hydrogens (tertiary/aromatic N) is 1. The van der Waals surface area contributed by atoms with Gasteiger partial charge in [-0.05, 0) is 37.8 Å². The van der Waals surface area contributed by atoms with Gasteiger partial charge >= 0.3 is 0 Å². The van der Waals surface area contributed by atoms with Crippen LogP contribution >= 0.6 is 0 Å². The van der Waals surface area contributed by atoms with Crippen LogP contribution in [0.3, 0.4) is 0 Å². The lowest BCUT2D eigenvalue weighted by Crippen LogP contribution is -2.44. The lowest BCUT2D eigenvalue weighted by Gasteiger charge is -2.36. The van der Waals surface area contributed by atoms with Crippen LogP contribution in [-0.2, 0) is 0 Å². The van der Waals surface area contributed by atoms with Gasteiger partial charge in [0.25, 0.3) is 0 Å². The van der Waals surface area contributed by atoms with Gasteiger partial charge < -0.3 is 10.2 Å². The number of hydrogen-bond donors (Lipinski definition) is 1. The van der Waals surface area contributed by atoms with Crippen molar-refractivity contribution >= 4 is 0 Å². The average Bonchev–Trinajstić information content (AvgIpc) is 2.24. The van der Waals surface area contributed by atoms with E-state index in [1.54, 1.807) is 0 Å². The zero-order chi connectivity index (χ0) is 13.5. The van der Waals surface area contributed by atoms with Crippen LogP contribution in [0.4, 0.5) is 0 Å². The summed E-state index contributed by atoms with van der Waals surface area (Å²) in [7, 11) is 0. The van der Waals surface area contributed by atoms with Crippen molar-refractivity contribution in [3.05, 3.63) is 0 Å². The van der Waals surface area contributed by atoms with Gasteiger partial charge in [0.1, 0.15) is 0 Å². The van der Waals surface area contributed by atoms with Crippen molar-refractivity contribution in [2.24, 2.45) is 11.3 Å². The van der Waals surface area contributed by atoms with Crippen LogP contribution in [0, 0.1) is 11.3 Å². The third kappa shape index (κ3) is 7.77. The topological polar surface area (TPSA) is 15.3 Å². The third-order valence-electron chi connectivity index (χ3n) is 3.41. The second-order valence-electron chi connectivity index (χ2n) is 6.51. The SMILES string of the molecule is CCC(C)N(CC)CC(C)(C)CNCC(C)C. The van der Waals surface area contributed by atoms with Gasteiger partial charge in [-0.15, -0.1) is 0 Å². The molecule has 0 aliphatic heterocycles. The fraction of sp³-hybridized carbons (Fsp3) is 1.00. The molecule has 0 saturated heterocycles. The van der Waals surface area contributed by atoms with Gasteiger partial charge in [-0.3, -0.25) is 0 Å². The highest BCUT2D eigenvalue weighted by Gasteiger charge is 2.23. The molecule has 0 bridgehead atoms. The summed E-state index contributed by atoms with van der Waals surface area (Å²) in [5.41, 5.74) is 0.355. The molecule has 0 heterocycles. The molecular formula is C15H34N2. The predicted octanol–water partition coefficient (Wildman–Crippen LogP) is 3.38. The molecule has 0 aromatic carbocycles. The Morgan fingerprint density at radius 1 is 1.12 bits per heavy atom. The first-order chi connectivity index (χ1) is 7.82. The molecule has 0 aromatic rings. The molecule has 0 spiro atoms.